The Morgan fingerprint density at radius 1 is 1.32 bits per heavy atom. The van der Waals surface area contributed by atoms with E-state index >= 15 is 0 Å². The fraction of sp³-hybridized carbons (Fsp3) is 0.417. The Balaban J connectivity index is 2.52. The van der Waals surface area contributed by atoms with E-state index in [1.807, 2.05) is 0 Å². The molecule has 1 rings (SSSR count). The highest BCUT2D eigenvalue weighted by Gasteiger charge is 2.14. The van der Waals surface area contributed by atoms with Gasteiger partial charge in [0.2, 0.25) is 10.0 Å². The lowest BCUT2D eigenvalue weighted by Gasteiger charge is -2.09. The van der Waals surface area contributed by atoms with Crippen molar-refractivity contribution in [2.24, 2.45) is 0 Å². The van der Waals surface area contributed by atoms with E-state index in [2.05, 4.69) is 4.72 Å². The molecule has 106 valence electrons. The summed E-state index contributed by atoms with van der Waals surface area (Å²) < 4.78 is 30.9. The lowest BCUT2D eigenvalue weighted by atomic mass is 10.4. The number of benzene rings is 1. The highest BCUT2D eigenvalue weighted by atomic mass is 35.5. The first-order valence-corrected chi connectivity index (χ1v) is 7.62. The van der Waals surface area contributed by atoms with Gasteiger partial charge in [-0.2, -0.15) is 0 Å². The molecule has 0 heterocycles. The minimum atomic E-state index is -3.62. The maximum Gasteiger partial charge on any atom is 0.307 e. The molecule has 0 bridgehead atoms. The van der Waals surface area contributed by atoms with Crippen molar-refractivity contribution in [2.45, 2.75) is 31.3 Å². The van der Waals surface area contributed by atoms with E-state index in [4.69, 9.17) is 16.3 Å². The average Bonchev–Trinajstić information content (AvgIpc) is 2.28. The summed E-state index contributed by atoms with van der Waals surface area (Å²) in [5.41, 5.74) is 0. The largest absolute Gasteiger partial charge is 0.463 e. The maximum absolute atomic E-state index is 11.8. The molecule has 0 aliphatic carbocycles. The molecule has 0 fully saturated rings. The average molecular weight is 306 g/mol. The van der Waals surface area contributed by atoms with E-state index in [-0.39, 0.29) is 24.0 Å². The van der Waals surface area contributed by atoms with E-state index in [9.17, 15) is 13.2 Å². The van der Waals surface area contributed by atoms with Crippen molar-refractivity contribution < 1.29 is 17.9 Å². The number of nitrogens with one attached hydrogen (secondary N) is 1. The lowest BCUT2D eigenvalue weighted by Crippen LogP contribution is -2.27. The van der Waals surface area contributed by atoms with Crippen LogP contribution in [-0.4, -0.2) is 27.0 Å². The van der Waals surface area contributed by atoms with Crippen LogP contribution in [0.3, 0.4) is 0 Å². The molecular weight excluding hydrogens is 290 g/mol. The Labute approximate surface area is 118 Å². The van der Waals surface area contributed by atoms with Gasteiger partial charge in [0.15, 0.2) is 0 Å². The molecule has 0 aliphatic heterocycles. The smallest absolute Gasteiger partial charge is 0.307 e. The van der Waals surface area contributed by atoms with Crippen LogP contribution < -0.4 is 4.72 Å². The zero-order valence-corrected chi connectivity index (χ0v) is 12.3. The standard InChI is InChI=1S/C12H16ClNO4S/c1-9(2)18-12(15)7-8-14-19(16,17)11-5-3-10(13)4-6-11/h3-6,9,14H,7-8H2,1-2H3. The van der Waals surface area contributed by atoms with Crippen LogP contribution in [0.15, 0.2) is 29.2 Å². The number of carbonyl (C=O) groups is 1. The summed E-state index contributed by atoms with van der Waals surface area (Å²) in [5.74, 6) is -0.436. The summed E-state index contributed by atoms with van der Waals surface area (Å²) in [6.07, 6.45) is -0.217. The van der Waals surface area contributed by atoms with Crippen molar-refractivity contribution in [1.29, 1.82) is 0 Å². The van der Waals surface area contributed by atoms with Gasteiger partial charge in [-0.05, 0) is 38.1 Å². The van der Waals surface area contributed by atoms with Crippen molar-refractivity contribution in [2.75, 3.05) is 6.54 Å². The number of rotatable bonds is 6. The zero-order valence-electron chi connectivity index (χ0n) is 10.7. The minimum Gasteiger partial charge on any atom is -0.463 e. The van der Waals surface area contributed by atoms with Gasteiger partial charge in [-0.25, -0.2) is 13.1 Å². The first-order valence-electron chi connectivity index (χ1n) is 5.76. The van der Waals surface area contributed by atoms with Crippen LogP contribution in [0.4, 0.5) is 0 Å². The second-order valence-electron chi connectivity index (χ2n) is 4.14. The summed E-state index contributed by atoms with van der Waals surface area (Å²) in [4.78, 5) is 11.4. The quantitative estimate of drug-likeness (QED) is 0.815. The molecule has 0 radical (unpaired) electrons. The Hall–Kier alpha value is -1.11. The van der Waals surface area contributed by atoms with Crippen LogP contribution in [0.2, 0.25) is 5.02 Å². The van der Waals surface area contributed by atoms with Crippen LogP contribution in [0.5, 0.6) is 0 Å². The monoisotopic (exact) mass is 305 g/mol. The molecule has 0 spiro atoms. The molecule has 0 amide bonds. The van der Waals surface area contributed by atoms with Crippen LogP contribution in [0.1, 0.15) is 20.3 Å². The maximum atomic E-state index is 11.8. The molecule has 0 aromatic heterocycles. The number of esters is 1. The van der Waals surface area contributed by atoms with Gasteiger partial charge < -0.3 is 4.74 Å². The molecular formula is C12H16ClNO4S. The molecule has 0 saturated carbocycles. The van der Waals surface area contributed by atoms with Gasteiger partial charge in [-0.15, -0.1) is 0 Å². The fourth-order valence-corrected chi connectivity index (χ4v) is 2.46. The van der Waals surface area contributed by atoms with Gasteiger partial charge in [0.05, 0.1) is 17.4 Å². The van der Waals surface area contributed by atoms with Crippen molar-refractivity contribution in [3.05, 3.63) is 29.3 Å². The predicted molar refractivity (Wildman–Crippen MR) is 72.5 cm³/mol. The number of ether oxygens (including phenoxy) is 1. The molecule has 0 atom stereocenters. The fourth-order valence-electron chi connectivity index (χ4n) is 1.31. The van der Waals surface area contributed by atoms with E-state index in [0.717, 1.165) is 0 Å². The molecule has 1 aromatic carbocycles. The highest BCUT2D eigenvalue weighted by Crippen LogP contribution is 2.13. The molecule has 0 aliphatic rings. The Kier molecular flexibility index (Phi) is 5.78. The van der Waals surface area contributed by atoms with Crippen LogP contribution in [0.25, 0.3) is 0 Å². The van der Waals surface area contributed by atoms with E-state index in [0.29, 0.717) is 5.02 Å². The van der Waals surface area contributed by atoms with E-state index in [1.54, 1.807) is 13.8 Å². The molecule has 0 saturated heterocycles. The first-order chi connectivity index (χ1) is 8.81. The summed E-state index contributed by atoms with van der Waals surface area (Å²) in [5, 5.41) is 0.458. The Bertz CT molecular complexity index is 525. The molecule has 1 aromatic rings. The molecule has 1 N–H and O–H groups in total. The van der Waals surface area contributed by atoms with Crippen LogP contribution >= 0.6 is 11.6 Å². The number of halogens is 1. The van der Waals surface area contributed by atoms with Gasteiger partial charge >= 0.3 is 5.97 Å². The third-order valence-electron chi connectivity index (χ3n) is 2.11. The Morgan fingerprint density at radius 2 is 1.89 bits per heavy atom. The normalized spacial score (nSPS) is 11.6. The third kappa shape index (κ3) is 5.59. The Morgan fingerprint density at radius 3 is 2.42 bits per heavy atom. The predicted octanol–water partition coefficient (Wildman–Crippen LogP) is 1.96. The molecule has 19 heavy (non-hydrogen) atoms. The number of hydrogen-bond donors (Lipinski definition) is 1. The molecule has 5 nitrogen and oxygen atoms in total. The van der Waals surface area contributed by atoms with Crippen LogP contribution in [-0.2, 0) is 19.6 Å². The van der Waals surface area contributed by atoms with E-state index < -0.39 is 16.0 Å². The third-order valence-corrected chi connectivity index (χ3v) is 3.84. The van der Waals surface area contributed by atoms with Crippen molar-refractivity contribution in [1.82, 2.24) is 4.72 Å². The first kappa shape index (κ1) is 15.9. The second kappa shape index (κ2) is 6.88. The van der Waals surface area contributed by atoms with Crippen molar-refractivity contribution in [3.63, 3.8) is 0 Å². The van der Waals surface area contributed by atoms with Crippen LogP contribution in [0, 0.1) is 0 Å². The number of hydrogen-bond acceptors (Lipinski definition) is 4. The molecule has 0 unspecified atom stereocenters. The number of carbonyl (C=O) groups excluding carboxylic acids is 1. The highest BCUT2D eigenvalue weighted by molar-refractivity contribution is 7.89. The lowest BCUT2D eigenvalue weighted by molar-refractivity contribution is -0.147. The van der Waals surface area contributed by atoms with Gasteiger partial charge in [-0.1, -0.05) is 11.6 Å². The summed E-state index contributed by atoms with van der Waals surface area (Å²) in [6.45, 7) is 3.46. The van der Waals surface area contributed by atoms with Gasteiger partial charge in [0, 0.05) is 11.6 Å². The van der Waals surface area contributed by atoms with Gasteiger partial charge in [-0.3, -0.25) is 4.79 Å². The SMILES string of the molecule is CC(C)OC(=O)CCNS(=O)(=O)c1ccc(Cl)cc1. The summed E-state index contributed by atoms with van der Waals surface area (Å²) in [7, 11) is -3.62. The van der Waals surface area contributed by atoms with Gasteiger partial charge in [0.25, 0.3) is 0 Å². The second-order valence-corrected chi connectivity index (χ2v) is 6.34. The van der Waals surface area contributed by atoms with Crippen molar-refractivity contribution >= 4 is 27.6 Å². The van der Waals surface area contributed by atoms with Gasteiger partial charge in [0.1, 0.15) is 0 Å². The zero-order chi connectivity index (χ0) is 14.5. The summed E-state index contributed by atoms with van der Waals surface area (Å²) >= 11 is 5.68. The van der Waals surface area contributed by atoms with E-state index in [1.165, 1.54) is 24.3 Å². The minimum absolute atomic E-state index is 0.00346. The van der Waals surface area contributed by atoms with Crippen molar-refractivity contribution in [3.8, 4) is 0 Å². The molecule has 7 heteroatoms. The topological polar surface area (TPSA) is 72.5 Å². The number of sulfonamides is 1. The summed E-state index contributed by atoms with van der Waals surface area (Å²) in [6, 6.07) is 5.78.